The highest BCUT2D eigenvalue weighted by Gasteiger charge is 2.35. The van der Waals surface area contributed by atoms with Gasteiger partial charge in [-0.15, -0.1) is 13.2 Å². The van der Waals surface area contributed by atoms with Crippen LogP contribution in [0.1, 0.15) is 29.8 Å². The topological polar surface area (TPSA) is 80.0 Å². The Bertz CT molecular complexity index is 846. The molecular weight excluding hydrogens is 367 g/mol. The van der Waals surface area contributed by atoms with Crippen molar-refractivity contribution < 1.29 is 37.0 Å². The van der Waals surface area contributed by atoms with Gasteiger partial charge in [0.25, 0.3) is 5.91 Å². The van der Waals surface area contributed by atoms with Gasteiger partial charge in [0, 0.05) is 6.54 Å². The fraction of sp³-hybridized carbons (Fsp3) is 0.333. The molecule has 0 spiro atoms. The number of carbonyl (C=O) groups excluding carboxylic acids is 1. The van der Waals surface area contributed by atoms with Crippen molar-refractivity contribution in [2.45, 2.75) is 31.7 Å². The molecular formula is C18H16F3NO5. The fourth-order valence-corrected chi connectivity index (χ4v) is 3.05. The van der Waals surface area contributed by atoms with Gasteiger partial charge in [-0.1, -0.05) is 12.1 Å². The number of furan rings is 1. The van der Waals surface area contributed by atoms with Gasteiger partial charge in [0.2, 0.25) is 0 Å². The summed E-state index contributed by atoms with van der Waals surface area (Å²) in [6.07, 6.45) is -3.15. The highest BCUT2D eigenvalue weighted by atomic mass is 19.4. The molecule has 2 heterocycles. The molecule has 0 saturated carbocycles. The maximum absolute atomic E-state index is 12.6. The number of para-hydroxylation sites is 1. The number of nitrogens with zero attached hydrogens (tertiary/aromatic N) is 1. The van der Waals surface area contributed by atoms with Gasteiger partial charge in [-0.05, 0) is 43.5 Å². The number of likely N-dealkylation sites (tertiary alicyclic amines) is 1. The second-order valence-corrected chi connectivity index (χ2v) is 6.06. The average Bonchev–Trinajstić information content (AvgIpc) is 3.10. The first kappa shape index (κ1) is 18.8. The molecule has 1 fully saturated rings. The van der Waals surface area contributed by atoms with E-state index in [0.717, 1.165) is 6.07 Å². The lowest BCUT2D eigenvalue weighted by atomic mass is 10.0. The first-order valence-electron chi connectivity index (χ1n) is 8.25. The third-order valence-corrected chi connectivity index (χ3v) is 4.24. The lowest BCUT2D eigenvalue weighted by Gasteiger charge is -2.32. The zero-order chi connectivity index (χ0) is 19.6. The Morgan fingerprint density at radius 2 is 1.89 bits per heavy atom. The van der Waals surface area contributed by atoms with Gasteiger partial charge in [-0.25, -0.2) is 4.79 Å². The quantitative estimate of drug-likeness (QED) is 0.866. The predicted octanol–water partition coefficient (Wildman–Crippen LogP) is 3.92. The summed E-state index contributed by atoms with van der Waals surface area (Å²) in [7, 11) is 0. The number of carbonyl (C=O) groups is 2. The van der Waals surface area contributed by atoms with Crippen molar-refractivity contribution in [2.75, 3.05) is 6.54 Å². The third-order valence-electron chi connectivity index (χ3n) is 4.24. The lowest BCUT2D eigenvalue weighted by molar-refractivity contribution is -0.274. The molecule has 2 aromatic rings. The summed E-state index contributed by atoms with van der Waals surface area (Å²) in [5.74, 6) is -2.29. The fourth-order valence-electron chi connectivity index (χ4n) is 3.05. The molecule has 144 valence electrons. The molecule has 3 rings (SSSR count). The van der Waals surface area contributed by atoms with Crippen LogP contribution in [0.25, 0.3) is 11.3 Å². The normalized spacial score (nSPS) is 17.6. The van der Waals surface area contributed by atoms with Crippen molar-refractivity contribution in [3.63, 3.8) is 0 Å². The molecule has 1 aromatic carbocycles. The van der Waals surface area contributed by atoms with Crippen LogP contribution >= 0.6 is 0 Å². The van der Waals surface area contributed by atoms with Gasteiger partial charge >= 0.3 is 12.3 Å². The monoisotopic (exact) mass is 383 g/mol. The molecule has 0 aliphatic carbocycles. The molecule has 27 heavy (non-hydrogen) atoms. The summed E-state index contributed by atoms with van der Waals surface area (Å²) in [5, 5.41) is 9.28. The standard InChI is InChI=1S/C18H16F3NO5/c19-18(20,21)27-14-7-2-1-5-11(14)13-8-9-15(26-13)16(23)22-10-4-3-6-12(22)17(24)25/h1-2,5,7-9,12H,3-4,6,10H2,(H,24,25). The smallest absolute Gasteiger partial charge is 0.480 e. The second kappa shape index (κ2) is 7.34. The SMILES string of the molecule is O=C(O)C1CCCCN1C(=O)c1ccc(-c2ccccc2OC(F)(F)F)o1. The summed E-state index contributed by atoms with van der Waals surface area (Å²) < 4.78 is 47.1. The number of hydrogen-bond acceptors (Lipinski definition) is 4. The maximum Gasteiger partial charge on any atom is 0.573 e. The maximum atomic E-state index is 12.6. The largest absolute Gasteiger partial charge is 0.573 e. The first-order valence-corrected chi connectivity index (χ1v) is 8.25. The summed E-state index contributed by atoms with van der Waals surface area (Å²) >= 11 is 0. The predicted molar refractivity (Wildman–Crippen MR) is 87.1 cm³/mol. The Morgan fingerprint density at radius 1 is 1.15 bits per heavy atom. The number of carboxylic acids is 1. The molecule has 1 aliphatic rings. The Balaban J connectivity index is 1.87. The van der Waals surface area contributed by atoms with Crippen LogP contribution in [0.15, 0.2) is 40.8 Å². The van der Waals surface area contributed by atoms with Crippen LogP contribution in [0.3, 0.4) is 0 Å². The van der Waals surface area contributed by atoms with E-state index in [0.29, 0.717) is 19.3 Å². The number of hydrogen-bond donors (Lipinski definition) is 1. The number of piperidine rings is 1. The zero-order valence-electron chi connectivity index (χ0n) is 14.0. The summed E-state index contributed by atoms with van der Waals surface area (Å²) in [4.78, 5) is 25.2. The molecule has 1 atom stereocenters. The van der Waals surface area contributed by atoms with Crippen LogP contribution in [0.2, 0.25) is 0 Å². The molecule has 9 heteroatoms. The minimum Gasteiger partial charge on any atom is -0.480 e. The molecule has 0 radical (unpaired) electrons. The van der Waals surface area contributed by atoms with Crippen molar-refractivity contribution in [1.29, 1.82) is 0 Å². The van der Waals surface area contributed by atoms with Crippen molar-refractivity contribution in [3.8, 4) is 17.1 Å². The number of ether oxygens (including phenoxy) is 1. The lowest BCUT2D eigenvalue weighted by Crippen LogP contribution is -2.47. The van der Waals surface area contributed by atoms with E-state index in [1.54, 1.807) is 0 Å². The van der Waals surface area contributed by atoms with Gasteiger partial charge in [0.05, 0.1) is 5.56 Å². The molecule has 6 nitrogen and oxygen atoms in total. The number of carboxylic acid groups (broad SMARTS) is 1. The molecule has 1 unspecified atom stereocenters. The molecule has 1 aliphatic heterocycles. The van der Waals surface area contributed by atoms with Gasteiger partial charge in [-0.2, -0.15) is 0 Å². The molecule has 0 bridgehead atoms. The number of alkyl halides is 3. The van der Waals surface area contributed by atoms with Gasteiger partial charge < -0.3 is 19.2 Å². The van der Waals surface area contributed by atoms with Crippen molar-refractivity contribution in [2.24, 2.45) is 0 Å². The summed E-state index contributed by atoms with van der Waals surface area (Å²) in [5.41, 5.74) is 0.0299. The minimum atomic E-state index is -4.87. The van der Waals surface area contributed by atoms with E-state index in [2.05, 4.69) is 4.74 Å². The van der Waals surface area contributed by atoms with Crippen LogP contribution in [0.4, 0.5) is 13.2 Å². The van der Waals surface area contributed by atoms with Crippen LogP contribution < -0.4 is 4.74 Å². The average molecular weight is 383 g/mol. The number of aliphatic carboxylic acids is 1. The Hall–Kier alpha value is -2.97. The van der Waals surface area contributed by atoms with E-state index >= 15 is 0 Å². The highest BCUT2D eigenvalue weighted by molar-refractivity contribution is 5.95. The van der Waals surface area contributed by atoms with E-state index in [-0.39, 0.29) is 23.6 Å². The van der Waals surface area contributed by atoms with Gasteiger partial charge in [-0.3, -0.25) is 4.79 Å². The van der Waals surface area contributed by atoms with Crippen molar-refractivity contribution >= 4 is 11.9 Å². The van der Waals surface area contributed by atoms with Crippen LogP contribution in [0, 0.1) is 0 Å². The van der Waals surface area contributed by atoms with E-state index in [4.69, 9.17) is 4.42 Å². The Kier molecular flexibility index (Phi) is 5.11. The van der Waals surface area contributed by atoms with Crippen LogP contribution in [-0.4, -0.2) is 40.8 Å². The minimum absolute atomic E-state index is 0.0158. The van der Waals surface area contributed by atoms with Crippen LogP contribution in [-0.2, 0) is 4.79 Å². The summed E-state index contributed by atoms with van der Waals surface area (Å²) in [6.45, 7) is 0.277. The van der Waals surface area contributed by atoms with E-state index in [1.165, 1.54) is 35.2 Å². The highest BCUT2D eigenvalue weighted by Crippen LogP contribution is 2.35. The van der Waals surface area contributed by atoms with E-state index < -0.39 is 30.0 Å². The number of benzene rings is 1. The van der Waals surface area contributed by atoms with Gasteiger partial charge in [0.15, 0.2) is 5.76 Å². The number of amides is 1. The number of halogens is 3. The molecule has 1 amide bonds. The molecule has 1 aromatic heterocycles. The van der Waals surface area contributed by atoms with Gasteiger partial charge in [0.1, 0.15) is 17.6 Å². The zero-order valence-corrected chi connectivity index (χ0v) is 14.0. The number of rotatable bonds is 4. The second-order valence-electron chi connectivity index (χ2n) is 6.06. The molecule has 1 saturated heterocycles. The Labute approximate surface area is 152 Å². The third kappa shape index (κ3) is 4.24. The van der Waals surface area contributed by atoms with Crippen molar-refractivity contribution in [3.05, 3.63) is 42.2 Å². The first-order chi connectivity index (χ1) is 12.8. The van der Waals surface area contributed by atoms with Crippen LogP contribution in [0.5, 0.6) is 5.75 Å². The van der Waals surface area contributed by atoms with E-state index in [1.807, 2.05) is 0 Å². The Morgan fingerprint density at radius 3 is 2.59 bits per heavy atom. The van der Waals surface area contributed by atoms with E-state index in [9.17, 15) is 27.9 Å². The van der Waals surface area contributed by atoms with Crippen molar-refractivity contribution in [1.82, 2.24) is 4.90 Å². The molecule has 1 N–H and O–H groups in total. The summed E-state index contributed by atoms with van der Waals surface area (Å²) in [6, 6.07) is 7.12.